The summed E-state index contributed by atoms with van der Waals surface area (Å²) in [6, 6.07) is 5.66. The molecule has 22 heavy (non-hydrogen) atoms. The fourth-order valence-corrected chi connectivity index (χ4v) is 1.89. The van der Waals surface area contributed by atoms with E-state index in [1.54, 1.807) is 25.1 Å². The first kappa shape index (κ1) is 16.2. The first-order valence-electron chi connectivity index (χ1n) is 6.18. The number of amides is 2. The number of benzene rings is 1. The Balaban J connectivity index is 1.99. The number of hydrogen-bond donors (Lipinski definition) is 2. The monoisotopic (exact) mass is 332 g/mol. The zero-order valence-electron chi connectivity index (χ0n) is 11.4. The van der Waals surface area contributed by atoms with Crippen LogP contribution in [-0.4, -0.2) is 22.0 Å². The van der Waals surface area contributed by atoms with Crippen molar-refractivity contribution in [2.24, 2.45) is 0 Å². The van der Waals surface area contributed by atoms with Crippen LogP contribution in [0.3, 0.4) is 0 Å². The Kier molecular flexibility index (Phi) is 4.60. The van der Waals surface area contributed by atoms with Crippen molar-refractivity contribution in [3.05, 3.63) is 41.0 Å². The van der Waals surface area contributed by atoms with Gasteiger partial charge in [-0.05, 0) is 24.6 Å². The third kappa shape index (κ3) is 4.39. The largest absolute Gasteiger partial charge is 0.408 e. The summed E-state index contributed by atoms with van der Waals surface area (Å²) in [5.74, 6) is 0.0152. The molecule has 2 N–H and O–H groups in total. The number of nitrogens with zero attached hydrogens (tertiary/aromatic N) is 2. The number of halogens is 4. The molecule has 0 bridgehead atoms. The quantitative estimate of drug-likeness (QED) is 0.890. The minimum atomic E-state index is -4.37. The second-order valence-corrected chi connectivity index (χ2v) is 4.91. The number of urea groups is 1. The number of carbonyl (C=O) groups is 1. The summed E-state index contributed by atoms with van der Waals surface area (Å²) in [4.78, 5) is 11.8. The third-order valence-electron chi connectivity index (χ3n) is 2.74. The predicted molar refractivity (Wildman–Crippen MR) is 77.1 cm³/mol. The zero-order chi connectivity index (χ0) is 16.3. The van der Waals surface area contributed by atoms with Crippen LogP contribution in [0.15, 0.2) is 30.5 Å². The molecule has 1 heterocycles. The molecule has 2 amide bonds. The van der Waals surface area contributed by atoms with Gasteiger partial charge >= 0.3 is 12.2 Å². The molecular formula is C13H12ClF3N4O. The maximum absolute atomic E-state index is 12.2. The van der Waals surface area contributed by atoms with E-state index in [0.29, 0.717) is 21.0 Å². The van der Waals surface area contributed by atoms with Crippen LogP contribution < -0.4 is 10.6 Å². The number of carbonyl (C=O) groups excluding carboxylic acids is 1. The lowest BCUT2D eigenvalue weighted by atomic mass is 10.2. The number of anilines is 2. The SMILES string of the molecule is Cc1c(Cl)cccc1NC(=O)Nc1ccn(CC(F)(F)F)n1. The van der Waals surface area contributed by atoms with Gasteiger partial charge in [0.2, 0.25) is 0 Å². The first-order valence-corrected chi connectivity index (χ1v) is 6.56. The minimum Gasteiger partial charge on any atom is -0.307 e. The van der Waals surface area contributed by atoms with Gasteiger partial charge in [0.05, 0.1) is 0 Å². The normalized spacial score (nSPS) is 11.3. The molecule has 1 aromatic carbocycles. The summed E-state index contributed by atoms with van der Waals surface area (Å²) in [6.07, 6.45) is -3.24. The number of hydrogen-bond acceptors (Lipinski definition) is 2. The van der Waals surface area contributed by atoms with Gasteiger partial charge in [0, 0.05) is 23.0 Å². The molecule has 0 saturated carbocycles. The van der Waals surface area contributed by atoms with Crippen LogP contribution in [0.4, 0.5) is 29.5 Å². The van der Waals surface area contributed by atoms with Crippen LogP contribution in [0.1, 0.15) is 5.56 Å². The molecule has 118 valence electrons. The van der Waals surface area contributed by atoms with Crippen molar-refractivity contribution in [2.75, 3.05) is 10.6 Å². The molecule has 0 atom stereocenters. The zero-order valence-corrected chi connectivity index (χ0v) is 12.2. The van der Waals surface area contributed by atoms with Crippen molar-refractivity contribution in [1.29, 1.82) is 0 Å². The van der Waals surface area contributed by atoms with Gasteiger partial charge in [-0.25, -0.2) is 4.79 Å². The lowest BCUT2D eigenvalue weighted by Gasteiger charge is -2.09. The van der Waals surface area contributed by atoms with Crippen LogP contribution >= 0.6 is 11.6 Å². The second kappa shape index (κ2) is 6.27. The highest BCUT2D eigenvalue weighted by Gasteiger charge is 2.28. The summed E-state index contributed by atoms with van der Waals surface area (Å²) in [5, 5.41) is 9.01. The summed E-state index contributed by atoms with van der Waals surface area (Å²) < 4.78 is 37.3. The fourth-order valence-electron chi connectivity index (χ4n) is 1.71. The molecule has 0 radical (unpaired) electrons. The van der Waals surface area contributed by atoms with Gasteiger partial charge in [-0.15, -0.1) is 0 Å². The average Bonchev–Trinajstić information content (AvgIpc) is 2.79. The lowest BCUT2D eigenvalue weighted by Crippen LogP contribution is -2.21. The van der Waals surface area contributed by atoms with Crippen LogP contribution in [0, 0.1) is 6.92 Å². The van der Waals surface area contributed by atoms with Crippen LogP contribution in [0.25, 0.3) is 0 Å². The summed E-state index contributed by atoms with van der Waals surface area (Å²) in [6.45, 7) is 0.514. The van der Waals surface area contributed by atoms with E-state index in [4.69, 9.17) is 11.6 Å². The van der Waals surface area contributed by atoms with E-state index in [1.165, 1.54) is 6.07 Å². The first-order chi connectivity index (χ1) is 10.2. The Morgan fingerprint density at radius 2 is 2.05 bits per heavy atom. The summed E-state index contributed by atoms with van der Waals surface area (Å²) >= 11 is 5.93. The van der Waals surface area contributed by atoms with Crippen molar-refractivity contribution >= 4 is 29.1 Å². The highest BCUT2D eigenvalue weighted by Crippen LogP contribution is 2.23. The van der Waals surface area contributed by atoms with Gasteiger partial charge in [0.25, 0.3) is 0 Å². The summed E-state index contributed by atoms with van der Waals surface area (Å²) in [7, 11) is 0. The Hall–Kier alpha value is -2.22. The molecule has 2 rings (SSSR count). The van der Waals surface area contributed by atoms with Crippen molar-refractivity contribution in [3.8, 4) is 0 Å². The predicted octanol–water partition coefficient (Wildman–Crippen LogP) is 4.05. The fraction of sp³-hybridized carbons (Fsp3) is 0.231. The minimum absolute atomic E-state index is 0.0152. The standard InChI is InChI=1S/C13H12ClF3N4O/c1-8-9(14)3-2-4-10(8)18-12(22)19-11-5-6-21(20-11)7-13(15,16)17/h2-6H,7H2,1H3,(H2,18,19,20,22). The van der Waals surface area contributed by atoms with Gasteiger partial charge < -0.3 is 5.32 Å². The van der Waals surface area contributed by atoms with E-state index in [-0.39, 0.29) is 5.82 Å². The number of alkyl halides is 3. The Bertz CT molecular complexity index is 684. The molecule has 5 nitrogen and oxygen atoms in total. The maximum atomic E-state index is 12.2. The molecule has 0 aliphatic rings. The molecule has 2 aromatic rings. The molecule has 0 unspecified atom stereocenters. The van der Waals surface area contributed by atoms with Gasteiger partial charge in [-0.2, -0.15) is 18.3 Å². The van der Waals surface area contributed by atoms with E-state index >= 15 is 0 Å². The Morgan fingerprint density at radius 3 is 2.73 bits per heavy atom. The van der Waals surface area contributed by atoms with Gasteiger partial charge in [-0.1, -0.05) is 17.7 Å². The Labute approximate surface area is 129 Å². The van der Waals surface area contributed by atoms with Gasteiger partial charge in [-0.3, -0.25) is 10.00 Å². The number of rotatable bonds is 3. The van der Waals surface area contributed by atoms with Crippen molar-refractivity contribution in [2.45, 2.75) is 19.6 Å². The van der Waals surface area contributed by atoms with Crippen molar-refractivity contribution in [3.63, 3.8) is 0 Å². The highest BCUT2D eigenvalue weighted by atomic mass is 35.5. The topological polar surface area (TPSA) is 59.0 Å². The van der Waals surface area contributed by atoms with Gasteiger partial charge in [0.1, 0.15) is 6.54 Å². The lowest BCUT2D eigenvalue weighted by molar-refractivity contribution is -0.142. The van der Waals surface area contributed by atoms with E-state index in [0.717, 1.165) is 6.20 Å². The summed E-state index contributed by atoms with van der Waals surface area (Å²) in [5.41, 5.74) is 1.18. The Morgan fingerprint density at radius 1 is 1.32 bits per heavy atom. The molecule has 1 aromatic heterocycles. The number of nitrogens with one attached hydrogen (secondary N) is 2. The van der Waals surface area contributed by atoms with E-state index in [9.17, 15) is 18.0 Å². The molecule has 0 fully saturated rings. The average molecular weight is 333 g/mol. The van der Waals surface area contributed by atoms with Gasteiger partial charge in [0.15, 0.2) is 5.82 Å². The highest BCUT2D eigenvalue weighted by molar-refractivity contribution is 6.31. The van der Waals surface area contributed by atoms with E-state index in [1.807, 2.05) is 0 Å². The van der Waals surface area contributed by atoms with Crippen molar-refractivity contribution < 1.29 is 18.0 Å². The smallest absolute Gasteiger partial charge is 0.307 e. The number of aromatic nitrogens is 2. The van der Waals surface area contributed by atoms with Crippen LogP contribution in [-0.2, 0) is 6.54 Å². The maximum Gasteiger partial charge on any atom is 0.408 e. The molecule has 0 aliphatic heterocycles. The molecular weight excluding hydrogens is 321 g/mol. The third-order valence-corrected chi connectivity index (χ3v) is 3.15. The second-order valence-electron chi connectivity index (χ2n) is 4.51. The van der Waals surface area contributed by atoms with Crippen LogP contribution in [0.2, 0.25) is 5.02 Å². The molecule has 0 saturated heterocycles. The van der Waals surface area contributed by atoms with Crippen molar-refractivity contribution in [1.82, 2.24) is 9.78 Å². The molecule has 9 heteroatoms. The van der Waals surface area contributed by atoms with E-state index in [2.05, 4.69) is 15.7 Å². The molecule has 0 spiro atoms. The van der Waals surface area contributed by atoms with E-state index < -0.39 is 18.8 Å². The van der Waals surface area contributed by atoms with Crippen LogP contribution in [0.5, 0.6) is 0 Å². The molecule has 0 aliphatic carbocycles.